The molecule has 1 aliphatic heterocycles. The summed E-state index contributed by atoms with van der Waals surface area (Å²) in [5.41, 5.74) is 2.76. The third-order valence-corrected chi connectivity index (χ3v) is 5.79. The van der Waals surface area contributed by atoms with E-state index in [1.165, 1.54) is 18.5 Å². The van der Waals surface area contributed by atoms with E-state index in [4.69, 9.17) is 9.47 Å². The highest BCUT2D eigenvalue weighted by Crippen LogP contribution is 2.34. The van der Waals surface area contributed by atoms with Crippen LogP contribution in [0.3, 0.4) is 0 Å². The van der Waals surface area contributed by atoms with Crippen LogP contribution in [-0.2, 0) is 14.5 Å². The molecule has 9 heteroatoms. The molecule has 0 spiro atoms. The quantitative estimate of drug-likeness (QED) is 0.551. The van der Waals surface area contributed by atoms with Crippen molar-refractivity contribution in [3.63, 3.8) is 0 Å². The zero-order valence-corrected chi connectivity index (χ0v) is 19.2. The van der Waals surface area contributed by atoms with Gasteiger partial charge in [0.2, 0.25) is 0 Å². The summed E-state index contributed by atoms with van der Waals surface area (Å²) >= 11 is 0. The summed E-state index contributed by atoms with van der Waals surface area (Å²) in [5, 5.41) is 4.07. The van der Waals surface area contributed by atoms with Crippen LogP contribution in [0, 0.1) is 12.7 Å². The smallest absolute Gasteiger partial charge is 0.145 e. The zero-order chi connectivity index (χ0) is 22.7. The highest BCUT2D eigenvalue weighted by Gasteiger charge is 2.17. The first-order valence-electron chi connectivity index (χ1n) is 10.5. The van der Waals surface area contributed by atoms with Crippen molar-refractivity contribution in [2.45, 2.75) is 32.3 Å². The molecule has 2 heterocycles. The third-order valence-electron chi connectivity index (χ3n) is 5.14. The highest BCUT2D eigenvalue weighted by molar-refractivity contribution is 7.92. The van der Waals surface area contributed by atoms with E-state index in [1.807, 2.05) is 13.0 Å². The fourth-order valence-corrected chi connectivity index (χ4v) is 4.36. The standard InChI is InChI=1S/C23H27FN4O3S/c1-15-10-17(28-32(2,3)29)12-20-22(15)23(26-14-25-20)27-19-8-7-16(24)11-21(19)31-13-18-6-4-5-9-30-18/h7-8,10-12,14,18H,4-6,9,13H2,1-3H3,(H,25,26,27). The van der Waals surface area contributed by atoms with E-state index in [9.17, 15) is 8.60 Å². The molecule has 1 fully saturated rings. The molecule has 1 atom stereocenters. The lowest BCUT2D eigenvalue weighted by Crippen LogP contribution is -2.26. The number of benzene rings is 2. The summed E-state index contributed by atoms with van der Waals surface area (Å²) in [6.45, 7) is 3.01. The lowest BCUT2D eigenvalue weighted by molar-refractivity contribution is -0.0109. The van der Waals surface area contributed by atoms with E-state index in [0.29, 0.717) is 35.1 Å². The summed E-state index contributed by atoms with van der Waals surface area (Å²) in [6, 6.07) is 8.00. The van der Waals surface area contributed by atoms with Gasteiger partial charge < -0.3 is 14.8 Å². The average Bonchev–Trinajstić information content (AvgIpc) is 2.73. The maximum absolute atomic E-state index is 13.9. The number of aromatic nitrogens is 2. The molecular formula is C23H27FN4O3S. The van der Waals surface area contributed by atoms with E-state index in [2.05, 4.69) is 19.6 Å². The van der Waals surface area contributed by atoms with Gasteiger partial charge in [-0.05, 0) is 56.0 Å². The normalized spacial score (nSPS) is 16.7. The van der Waals surface area contributed by atoms with Crippen molar-refractivity contribution in [3.8, 4) is 5.75 Å². The van der Waals surface area contributed by atoms with Gasteiger partial charge >= 0.3 is 0 Å². The number of aryl methyl sites for hydroxylation is 1. The predicted octanol–water partition coefficient (Wildman–Crippen LogP) is 5.13. The number of nitrogens with zero attached hydrogens (tertiary/aromatic N) is 3. The Bertz CT molecular complexity index is 1240. The Balaban J connectivity index is 1.65. The van der Waals surface area contributed by atoms with Crippen LogP contribution in [0.1, 0.15) is 24.8 Å². The Morgan fingerprint density at radius 1 is 1.25 bits per heavy atom. The zero-order valence-electron chi connectivity index (χ0n) is 18.4. The van der Waals surface area contributed by atoms with E-state index in [0.717, 1.165) is 36.8 Å². The van der Waals surface area contributed by atoms with Crippen LogP contribution in [0.15, 0.2) is 41.0 Å². The van der Waals surface area contributed by atoms with E-state index in [1.54, 1.807) is 24.6 Å². The second-order valence-electron chi connectivity index (χ2n) is 8.22. The SMILES string of the molecule is Cc1cc(N=S(C)(C)=O)cc2ncnc(Nc3ccc(F)cc3OCC3CCCCO3)c12. The van der Waals surface area contributed by atoms with Gasteiger partial charge in [-0.2, -0.15) is 4.36 Å². The van der Waals surface area contributed by atoms with Crippen LogP contribution in [0.2, 0.25) is 0 Å². The lowest BCUT2D eigenvalue weighted by Gasteiger charge is -2.23. The van der Waals surface area contributed by atoms with Gasteiger partial charge in [0, 0.05) is 40.3 Å². The van der Waals surface area contributed by atoms with Crippen LogP contribution in [0.4, 0.5) is 21.6 Å². The molecule has 1 aromatic heterocycles. The number of anilines is 2. The largest absolute Gasteiger partial charge is 0.489 e. The van der Waals surface area contributed by atoms with Gasteiger partial charge in [-0.1, -0.05) is 0 Å². The minimum Gasteiger partial charge on any atom is -0.489 e. The Hall–Kier alpha value is -2.78. The molecule has 0 amide bonds. The molecule has 0 bridgehead atoms. The molecule has 1 saturated heterocycles. The molecule has 1 N–H and O–H groups in total. The van der Waals surface area contributed by atoms with Gasteiger partial charge in [0.25, 0.3) is 0 Å². The molecule has 7 nitrogen and oxygen atoms in total. The summed E-state index contributed by atoms with van der Waals surface area (Å²) in [6.07, 6.45) is 7.74. The van der Waals surface area contributed by atoms with Crippen LogP contribution < -0.4 is 10.1 Å². The van der Waals surface area contributed by atoms with Gasteiger partial charge in [0.1, 0.15) is 30.3 Å². The molecule has 170 valence electrons. The van der Waals surface area contributed by atoms with Crippen LogP contribution in [0.25, 0.3) is 10.9 Å². The topological polar surface area (TPSA) is 85.7 Å². The Kier molecular flexibility index (Phi) is 6.57. The van der Waals surface area contributed by atoms with Gasteiger partial charge in [-0.3, -0.25) is 0 Å². The first-order chi connectivity index (χ1) is 15.3. The number of rotatable bonds is 6. The van der Waals surface area contributed by atoms with Crippen LogP contribution in [-0.4, -0.2) is 46.0 Å². The number of hydrogen-bond acceptors (Lipinski definition) is 7. The molecular weight excluding hydrogens is 431 g/mol. The minimum absolute atomic E-state index is 0.0107. The Morgan fingerprint density at radius 3 is 2.84 bits per heavy atom. The minimum atomic E-state index is -2.29. The lowest BCUT2D eigenvalue weighted by atomic mass is 10.1. The molecule has 0 radical (unpaired) electrons. The fourth-order valence-electron chi connectivity index (χ4n) is 3.74. The molecule has 0 saturated carbocycles. The second-order valence-corrected chi connectivity index (χ2v) is 10.8. The van der Waals surface area contributed by atoms with E-state index >= 15 is 0 Å². The van der Waals surface area contributed by atoms with Crippen molar-refractivity contribution in [3.05, 3.63) is 48.0 Å². The van der Waals surface area contributed by atoms with Gasteiger partial charge in [-0.15, -0.1) is 0 Å². The number of hydrogen-bond donors (Lipinski definition) is 1. The molecule has 0 aliphatic carbocycles. The third kappa shape index (κ3) is 5.52. The van der Waals surface area contributed by atoms with Crippen molar-refractivity contribution in [1.29, 1.82) is 0 Å². The molecule has 3 aromatic rings. The van der Waals surface area contributed by atoms with Gasteiger partial charge in [0.05, 0.1) is 23.0 Å². The first kappa shape index (κ1) is 22.4. The number of halogens is 1. The summed E-state index contributed by atoms with van der Waals surface area (Å²) in [7, 11) is -2.29. The van der Waals surface area contributed by atoms with Crippen molar-refractivity contribution in [2.75, 3.05) is 31.0 Å². The van der Waals surface area contributed by atoms with Crippen LogP contribution >= 0.6 is 0 Å². The Labute approximate surface area is 187 Å². The second kappa shape index (κ2) is 9.38. The molecule has 1 unspecified atom stereocenters. The summed E-state index contributed by atoms with van der Waals surface area (Å²) in [4.78, 5) is 8.75. The monoisotopic (exact) mass is 458 g/mol. The van der Waals surface area contributed by atoms with Crippen molar-refractivity contribution in [2.24, 2.45) is 4.36 Å². The van der Waals surface area contributed by atoms with E-state index in [-0.39, 0.29) is 11.9 Å². The average molecular weight is 459 g/mol. The van der Waals surface area contributed by atoms with Crippen molar-refractivity contribution < 1.29 is 18.1 Å². The number of ether oxygens (including phenoxy) is 2. The van der Waals surface area contributed by atoms with Gasteiger partial charge in [-0.25, -0.2) is 18.6 Å². The van der Waals surface area contributed by atoms with E-state index < -0.39 is 9.73 Å². The van der Waals surface area contributed by atoms with Gasteiger partial charge in [0.15, 0.2) is 0 Å². The number of nitrogens with one attached hydrogen (secondary N) is 1. The maximum atomic E-state index is 13.9. The highest BCUT2D eigenvalue weighted by atomic mass is 32.2. The van der Waals surface area contributed by atoms with Crippen LogP contribution in [0.5, 0.6) is 5.75 Å². The molecule has 32 heavy (non-hydrogen) atoms. The fraction of sp³-hybridized carbons (Fsp3) is 0.391. The maximum Gasteiger partial charge on any atom is 0.145 e. The molecule has 4 rings (SSSR count). The summed E-state index contributed by atoms with van der Waals surface area (Å²) < 4.78 is 42.0. The van der Waals surface area contributed by atoms with Crippen molar-refractivity contribution >= 4 is 37.8 Å². The first-order valence-corrected chi connectivity index (χ1v) is 12.8. The molecule has 1 aliphatic rings. The van der Waals surface area contributed by atoms with Crippen molar-refractivity contribution in [1.82, 2.24) is 9.97 Å². The summed E-state index contributed by atoms with van der Waals surface area (Å²) in [5.74, 6) is 0.581. The predicted molar refractivity (Wildman–Crippen MR) is 125 cm³/mol. The Morgan fingerprint density at radius 2 is 2.09 bits per heavy atom. The number of fused-ring (bicyclic) bond motifs is 1. The molecule has 2 aromatic carbocycles.